The molecule has 0 aromatic carbocycles. The van der Waals surface area contributed by atoms with E-state index in [9.17, 15) is 4.79 Å². The van der Waals surface area contributed by atoms with E-state index in [1.807, 2.05) is 42.3 Å². The number of allylic oxidation sites excluding steroid dienone is 2. The number of piperidine rings is 1. The van der Waals surface area contributed by atoms with Crippen molar-refractivity contribution in [2.75, 3.05) is 32.0 Å². The number of unbranched alkanes of at least 4 members (excludes halogenated alkanes) is 1. The molecule has 1 aromatic heterocycles. The lowest BCUT2D eigenvalue weighted by atomic mass is 9.91. The SMILES string of the molecule is C=C(/C=C(\C=C/C)C(=O)N1CCC(CCCCN=C(NC#N)Nc2ccncc2)CC1)NC. The van der Waals surface area contributed by atoms with Crippen LogP contribution < -0.4 is 16.0 Å². The van der Waals surface area contributed by atoms with Crippen LogP contribution in [0.3, 0.4) is 0 Å². The highest BCUT2D eigenvalue weighted by atomic mass is 16.2. The number of hydrogen-bond donors (Lipinski definition) is 3. The first-order valence-corrected chi connectivity index (χ1v) is 11.4. The number of carbonyl (C=O) groups is 1. The second kappa shape index (κ2) is 14.5. The van der Waals surface area contributed by atoms with Gasteiger partial charge in [0.15, 0.2) is 6.19 Å². The molecule has 1 saturated heterocycles. The molecule has 2 heterocycles. The fourth-order valence-electron chi connectivity index (χ4n) is 3.70. The van der Waals surface area contributed by atoms with E-state index in [2.05, 4.69) is 32.5 Å². The molecule has 0 atom stereocenters. The van der Waals surface area contributed by atoms with Gasteiger partial charge in [-0.05, 0) is 50.3 Å². The number of likely N-dealkylation sites (N-methyl/N-ethyl adjacent to an activating group) is 1. The summed E-state index contributed by atoms with van der Waals surface area (Å²) in [6, 6.07) is 3.64. The molecule has 0 spiro atoms. The third-order valence-electron chi connectivity index (χ3n) is 5.55. The lowest BCUT2D eigenvalue weighted by Crippen LogP contribution is -2.39. The van der Waals surface area contributed by atoms with Gasteiger partial charge in [0.25, 0.3) is 5.91 Å². The Bertz CT molecular complexity index is 891. The Morgan fingerprint density at radius 3 is 2.70 bits per heavy atom. The molecule has 0 bridgehead atoms. The van der Waals surface area contributed by atoms with Crippen molar-refractivity contribution in [3.63, 3.8) is 0 Å². The van der Waals surface area contributed by atoms with Gasteiger partial charge in [-0.3, -0.25) is 20.1 Å². The van der Waals surface area contributed by atoms with E-state index in [1.165, 1.54) is 0 Å². The summed E-state index contributed by atoms with van der Waals surface area (Å²) in [5, 5.41) is 17.6. The molecule has 1 aliphatic rings. The molecule has 3 N–H and O–H groups in total. The highest BCUT2D eigenvalue weighted by Crippen LogP contribution is 2.24. The zero-order valence-electron chi connectivity index (χ0n) is 19.7. The van der Waals surface area contributed by atoms with E-state index in [0.29, 0.717) is 24.0 Å². The summed E-state index contributed by atoms with van der Waals surface area (Å²) in [7, 11) is 1.80. The molecule has 0 aliphatic carbocycles. The Morgan fingerprint density at radius 2 is 2.06 bits per heavy atom. The molecule has 176 valence electrons. The van der Waals surface area contributed by atoms with Gasteiger partial charge in [0.2, 0.25) is 5.96 Å². The third kappa shape index (κ3) is 9.19. The topological polar surface area (TPSA) is 105 Å². The molecule has 0 saturated carbocycles. The highest BCUT2D eigenvalue weighted by molar-refractivity contribution is 5.96. The maximum atomic E-state index is 12.9. The Kier molecular flexibility index (Phi) is 11.2. The van der Waals surface area contributed by atoms with Crippen LogP contribution in [0.5, 0.6) is 0 Å². The van der Waals surface area contributed by atoms with Crippen LogP contribution in [0.15, 0.2) is 65.6 Å². The summed E-state index contributed by atoms with van der Waals surface area (Å²) < 4.78 is 0. The van der Waals surface area contributed by atoms with Crippen molar-refractivity contribution in [3.05, 3.63) is 60.6 Å². The number of guanidine groups is 1. The summed E-state index contributed by atoms with van der Waals surface area (Å²) in [4.78, 5) is 23.3. The third-order valence-corrected chi connectivity index (χ3v) is 5.55. The molecule has 1 aliphatic heterocycles. The van der Waals surface area contributed by atoms with Gasteiger partial charge in [-0.15, -0.1) is 0 Å². The monoisotopic (exact) mass is 449 g/mol. The van der Waals surface area contributed by atoms with Gasteiger partial charge in [-0.2, -0.15) is 5.26 Å². The van der Waals surface area contributed by atoms with Gasteiger partial charge in [-0.1, -0.05) is 31.6 Å². The lowest BCUT2D eigenvalue weighted by molar-refractivity contribution is -0.128. The van der Waals surface area contributed by atoms with Gasteiger partial charge in [0.05, 0.1) is 0 Å². The molecule has 8 nitrogen and oxygen atoms in total. The zero-order chi connectivity index (χ0) is 23.9. The number of aromatic nitrogens is 1. The van der Waals surface area contributed by atoms with Crippen molar-refractivity contribution in [3.8, 4) is 6.19 Å². The quantitative estimate of drug-likeness (QED) is 0.0959. The first kappa shape index (κ1) is 25.7. The van der Waals surface area contributed by atoms with Gasteiger partial charge in [0.1, 0.15) is 0 Å². The van der Waals surface area contributed by atoms with Crippen molar-refractivity contribution in [1.82, 2.24) is 20.5 Å². The van der Waals surface area contributed by atoms with Gasteiger partial charge >= 0.3 is 0 Å². The second-order valence-electron chi connectivity index (χ2n) is 7.93. The maximum Gasteiger partial charge on any atom is 0.253 e. The summed E-state index contributed by atoms with van der Waals surface area (Å²) in [5.41, 5.74) is 2.21. The average Bonchev–Trinajstić information content (AvgIpc) is 2.84. The Hall–Kier alpha value is -3.60. The van der Waals surface area contributed by atoms with Gasteiger partial charge in [-0.25, -0.2) is 0 Å². The van der Waals surface area contributed by atoms with E-state index < -0.39 is 0 Å². The standard InChI is InChI=1S/C25H35N7O/c1-4-7-22(18-20(2)27-3)24(33)32-16-11-21(12-17-32)8-5-6-13-29-25(30-19-26)31-23-9-14-28-15-10-23/h4,7,9-10,14-15,18,21,27H,2,5-6,8,11-13,16-17H2,1,3H3,(H2,28,29,30,31)/b7-4-,22-18+. The number of amides is 1. The number of hydrogen-bond acceptors (Lipinski definition) is 5. The minimum Gasteiger partial charge on any atom is -0.389 e. The second-order valence-corrected chi connectivity index (χ2v) is 7.93. The van der Waals surface area contributed by atoms with Crippen LogP contribution in [-0.4, -0.2) is 48.4 Å². The molecule has 0 unspecified atom stereocenters. The predicted octanol–water partition coefficient (Wildman–Crippen LogP) is 3.56. The number of anilines is 1. The van der Waals surface area contributed by atoms with Crippen LogP contribution in [0.25, 0.3) is 0 Å². The minimum atomic E-state index is 0.0662. The highest BCUT2D eigenvalue weighted by Gasteiger charge is 2.23. The maximum absolute atomic E-state index is 12.9. The Balaban J connectivity index is 1.74. The number of nitriles is 1. The fourth-order valence-corrected chi connectivity index (χ4v) is 3.70. The Morgan fingerprint density at radius 1 is 1.33 bits per heavy atom. The summed E-state index contributed by atoms with van der Waals surface area (Å²) in [5.74, 6) is 1.14. The number of rotatable bonds is 10. The van der Waals surface area contributed by atoms with E-state index in [0.717, 1.165) is 56.6 Å². The number of carbonyl (C=O) groups excluding carboxylic acids is 1. The molecule has 8 heteroatoms. The normalized spacial score (nSPS) is 15.2. The molecule has 33 heavy (non-hydrogen) atoms. The van der Waals surface area contributed by atoms with Crippen LogP contribution in [0.1, 0.15) is 39.0 Å². The molecule has 2 rings (SSSR count). The smallest absolute Gasteiger partial charge is 0.253 e. The Labute approximate surface area is 197 Å². The molecular weight excluding hydrogens is 414 g/mol. The molecule has 0 radical (unpaired) electrons. The molecule has 1 aromatic rings. The number of pyridine rings is 1. The van der Waals surface area contributed by atoms with Crippen LogP contribution in [0.4, 0.5) is 5.69 Å². The van der Waals surface area contributed by atoms with E-state index >= 15 is 0 Å². The first-order valence-electron chi connectivity index (χ1n) is 11.4. The summed E-state index contributed by atoms with van der Waals surface area (Å²) in [6.07, 6.45) is 16.0. The van der Waals surface area contributed by atoms with Crippen molar-refractivity contribution < 1.29 is 4.79 Å². The van der Waals surface area contributed by atoms with E-state index in [1.54, 1.807) is 25.5 Å². The molecule has 1 amide bonds. The fraction of sp³-hybridized carbons (Fsp3) is 0.440. The zero-order valence-corrected chi connectivity index (χ0v) is 19.7. The first-order chi connectivity index (χ1) is 16.1. The minimum absolute atomic E-state index is 0.0662. The number of nitrogens with zero attached hydrogens (tertiary/aromatic N) is 4. The average molecular weight is 450 g/mol. The summed E-state index contributed by atoms with van der Waals surface area (Å²) in [6.45, 7) is 8.03. The van der Waals surface area contributed by atoms with Crippen LogP contribution in [-0.2, 0) is 4.79 Å². The van der Waals surface area contributed by atoms with E-state index in [4.69, 9.17) is 5.26 Å². The van der Waals surface area contributed by atoms with Crippen molar-refractivity contribution in [2.45, 2.75) is 39.0 Å². The van der Waals surface area contributed by atoms with Crippen LogP contribution in [0, 0.1) is 17.4 Å². The van der Waals surface area contributed by atoms with E-state index in [-0.39, 0.29) is 5.91 Å². The van der Waals surface area contributed by atoms with Crippen LogP contribution >= 0.6 is 0 Å². The van der Waals surface area contributed by atoms with Crippen molar-refractivity contribution >= 4 is 17.6 Å². The molecule has 1 fully saturated rings. The van der Waals surface area contributed by atoms with Gasteiger partial charge in [0, 0.05) is 56.0 Å². The summed E-state index contributed by atoms with van der Waals surface area (Å²) >= 11 is 0. The van der Waals surface area contributed by atoms with Crippen molar-refractivity contribution in [1.29, 1.82) is 5.26 Å². The predicted molar refractivity (Wildman–Crippen MR) is 133 cm³/mol. The van der Waals surface area contributed by atoms with Crippen LogP contribution in [0.2, 0.25) is 0 Å². The molecular formula is C25H35N7O. The number of nitrogens with one attached hydrogen (secondary N) is 3. The van der Waals surface area contributed by atoms with Crippen molar-refractivity contribution in [2.24, 2.45) is 10.9 Å². The number of aliphatic imine (C=N–C) groups is 1. The largest absolute Gasteiger partial charge is 0.389 e. The lowest BCUT2D eigenvalue weighted by Gasteiger charge is -2.32. The van der Waals surface area contributed by atoms with Gasteiger partial charge < -0.3 is 15.5 Å². The number of likely N-dealkylation sites (tertiary alicyclic amines) is 1.